The van der Waals surface area contributed by atoms with Gasteiger partial charge in [-0.05, 0) is 37.8 Å². The van der Waals surface area contributed by atoms with Gasteiger partial charge in [0.25, 0.3) is 0 Å². The molecule has 2 N–H and O–H groups in total. The Hall–Kier alpha value is -2.70. The van der Waals surface area contributed by atoms with E-state index in [0.29, 0.717) is 25.4 Å². The van der Waals surface area contributed by atoms with Gasteiger partial charge in [-0.3, -0.25) is 9.59 Å². The summed E-state index contributed by atoms with van der Waals surface area (Å²) in [7, 11) is 0. The van der Waals surface area contributed by atoms with Gasteiger partial charge in [0.1, 0.15) is 6.04 Å². The molecule has 1 aliphatic rings. The summed E-state index contributed by atoms with van der Waals surface area (Å²) >= 11 is 0. The fraction of sp³-hybridized carbons (Fsp3) is 0.500. The molecule has 27 heavy (non-hydrogen) atoms. The van der Waals surface area contributed by atoms with Gasteiger partial charge in [0.2, 0.25) is 18.3 Å². The summed E-state index contributed by atoms with van der Waals surface area (Å²) in [5.74, 6) is 0.595. The third-order valence-electron chi connectivity index (χ3n) is 5.07. The van der Waals surface area contributed by atoms with Gasteiger partial charge in [-0.15, -0.1) is 0 Å². The van der Waals surface area contributed by atoms with E-state index in [2.05, 4.69) is 26.7 Å². The van der Waals surface area contributed by atoms with E-state index in [0.717, 1.165) is 23.7 Å². The van der Waals surface area contributed by atoms with Crippen LogP contribution in [0.5, 0.6) is 0 Å². The summed E-state index contributed by atoms with van der Waals surface area (Å²) in [6.45, 7) is 7.23. The Bertz CT molecular complexity index is 823. The zero-order valence-corrected chi connectivity index (χ0v) is 16.1. The lowest BCUT2D eigenvalue weighted by molar-refractivity contribution is -0.136. The van der Waals surface area contributed by atoms with Gasteiger partial charge in [0, 0.05) is 30.7 Å². The Morgan fingerprint density at radius 2 is 2.22 bits per heavy atom. The molecule has 0 aliphatic carbocycles. The van der Waals surface area contributed by atoms with Crippen molar-refractivity contribution in [3.63, 3.8) is 0 Å². The number of benzene rings is 1. The largest absolute Gasteiger partial charge is 0.352 e. The zero-order valence-electron chi connectivity index (χ0n) is 16.1. The zero-order chi connectivity index (χ0) is 19.4. The van der Waals surface area contributed by atoms with Crippen LogP contribution in [-0.4, -0.2) is 52.4 Å². The molecule has 2 amide bonds. The van der Waals surface area contributed by atoms with Crippen LogP contribution in [0.25, 0.3) is 10.9 Å². The van der Waals surface area contributed by atoms with Crippen LogP contribution < -0.4 is 10.6 Å². The van der Waals surface area contributed by atoms with E-state index in [9.17, 15) is 9.59 Å². The summed E-state index contributed by atoms with van der Waals surface area (Å²) in [4.78, 5) is 34.5. The van der Waals surface area contributed by atoms with Crippen molar-refractivity contribution in [2.45, 2.75) is 45.7 Å². The molecule has 2 atom stereocenters. The Morgan fingerprint density at radius 3 is 2.96 bits per heavy atom. The first-order valence-corrected chi connectivity index (χ1v) is 9.47. The molecule has 1 aliphatic heterocycles. The Labute approximate surface area is 159 Å². The van der Waals surface area contributed by atoms with Crippen LogP contribution in [-0.2, 0) is 9.59 Å². The predicted octanol–water partition coefficient (Wildman–Crippen LogP) is 2.11. The van der Waals surface area contributed by atoms with Crippen LogP contribution in [0, 0.1) is 12.8 Å². The molecule has 7 heteroatoms. The number of carbonyl (C=O) groups excluding carboxylic acids is 2. The highest BCUT2D eigenvalue weighted by Crippen LogP contribution is 2.21. The molecule has 0 radical (unpaired) electrons. The van der Waals surface area contributed by atoms with E-state index in [1.807, 2.05) is 44.0 Å². The SMILES string of the molecule is Cc1ccc2nc(NC[C@@H]3CCCN3C(=O)[C@@H](NC=O)C(C)C)ncc2c1. The summed E-state index contributed by atoms with van der Waals surface area (Å²) in [6, 6.07) is 5.67. The molecular formula is C20H27N5O2. The first kappa shape index (κ1) is 19.1. The van der Waals surface area contributed by atoms with Crippen molar-refractivity contribution >= 4 is 29.2 Å². The highest BCUT2D eigenvalue weighted by Gasteiger charge is 2.34. The molecule has 0 bridgehead atoms. The van der Waals surface area contributed by atoms with Gasteiger partial charge >= 0.3 is 0 Å². The number of nitrogens with zero attached hydrogens (tertiary/aromatic N) is 3. The molecule has 1 aromatic heterocycles. The second-order valence-electron chi connectivity index (χ2n) is 7.47. The van der Waals surface area contributed by atoms with Crippen molar-refractivity contribution in [3.8, 4) is 0 Å². The first-order chi connectivity index (χ1) is 13.0. The average Bonchev–Trinajstić information content (AvgIpc) is 3.12. The van der Waals surface area contributed by atoms with Gasteiger partial charge < -0.3 is 15.5 Å². The predicted molar refractivity (Wildman–Crippen MR) is 105 cm³/mol. The van der Waals surface area contributed by atoms with Crippen LogP contribution in [0.3, 0.4) is 0 Å². The lowest BCUT2D eigenvalue weighted by Gasteiger charge is -2.30. The number of carbonyl (C=O) groups is 2. The quantitative estimate of drug-likeness (QED) is 0.730. The lowest BCUT2D eigenvalue weighted by Crippen LogP contribution is -2.51. The van der Waals surface area contributed by atoms with Gasteiger partial charge in [0.05, 0.1) is 5.52 Å². The van der Waals surface area contributed by atoms with Crippen LogP contribution in [0.1, 0.15) is 32.3 Å². The Kier molecular flexibility index (Phi) is 5.88. The molecule has 2 heterocycles. The van der Waals surface area contributed by atoms with Crippen molar-refractivity contribution in [1.29, 1.82) is 0 Å². The minimum atomic E-state index is -0.483. The van der Waals surface area contributed by atoms with Gasteiger partial charge in [0.15, 0.2) is 0 Å². The van der Waals surface area contributed by atoms with Crippen molar-refractivity contribution in [1.82, 2.24) is 20.2 Å². The molecule has 144 valence electrons. The van der Waals surface area contributed by atoms with Crippen molar-refractivity contribution < 1.29 is 9.59 Å². The number of hydrogen-bond donors (Lipinski definition) is 2. The number of aryl methyl sites for hydroxylation is 1. The molecule has 1 fully saturated rings. The number of rotatable bonds is 7. The third kappa shape index (κ3) is 4.35. The highest BCUT2D eigenvalue weighted by molar-refractivity contribution is 5.84. The van der Waals surface area contributed by atoms with E-state index in [1.165, 1.54) is 5.56 Å². The minimum absolute atomic E-state index is 0.0173. The van der Waals surface area contributed by atoms with Gasteiger partial charge in [-0.2, -0.15) is 0 Å². The molecule has 3 rings (SSSR count). The summed E-state index contributed by atoms with van der Waals surface area (Å²) in [6.07, 6.45) is 4.31. The number of fused-ring (bicyclic) bond motifs is 1. The molecule has 1 aromatic carbocycles. The fourth-order valence-electron chi connectivity index (χ4n) is 3.59. The molecule has 7 nitrogen and oxygen atoms in total. The normalized spacial score (nSPS) is 17.9. The maximum absolute atomic E-state index is 12.9. The van der Waals surface area contributed by atoms with E-state index in [-0.39, 0.29) is 17.9 Å². The van der Waals surface area contributed by atoms with E-state index in [4.69, 9.17) is 0 Å². The Balaban J connectivity index is 1.67. The summed E-state index contributed by atoms with van der Waals surface area (Å²) in [5.41, 5.74) is 2.07. The molecule has 0 spiro atoms. The van der Waals surface area contributed by atoms with E-state index < -0.39 is 6.04 Å². The molecular weight excluding hydrogens is 342 g/mol. The van der Waals surface area contributed by atoms with Crippen LogP contribution in [0.2, 0.25) is 0 Å². The smallest absolute Gasteiger partial charge is 0.245 e. The Morgan fingerprint density at radius 1 is 1.41 bits per heavy atom. The lowest BCUT2D eigenvalue weighted by atomic mass is 10.0. The van der Waals surface area contributed by atoms with Crippen molar-refractivity contribution in [2.24, 2.45) is 5.92 Å². The van der Waals surface area contributed by atoms with Crippen LogP contribution in [0.15, 0.2) is 24.4 Å². The maximum atomic E-state index is 12.9. The number of anilines is 1. The second-order valence-corrected chi connectivity index (χ2v) is 7.47. The number of amides is 2. The van der Waals surface area contributed by atoms with Gasteiger partial charge in [-0.25, -0.2) is 9.97 Å². The van der Waals surface area contributed by atoms with Crippen molar-refractivity contribution in [3.05, 3.63) is 30.0 Å². The first-order valence-electron chi connectivity index (χ1n) is 9.47. The highest BCUT2D eigenvalue weighted by atomic mass is 16.2. The second kappa shape index (κ2) is 8.33. The number of nitrogens with one attached hydrogen (secondary N) is 2. The fourth-order valence-corrected chi connectivity index (χ4v) is 3.59. The topological polar surface area (TPSA) is 87.2 Å². The third-order valence-corrected chi connectivity index (χ3v) is 5.07. The van der Waals surface area contributed by atoms with Crippen LogP contribution in [0.4, 0.5) is 5.95 Å². The van der Waals surface area contributed by atoms with E-state index >= 15 is 0 Å². The maximum Gasteiger partial charge on any atom is 0.245 e. The van der Waals surface area contributed by atoms with Crippen molar-refractivity contribution in [2.75, 3.05) is 18.4 Å². The molecule has 0 saturated carbocycles. The molecule has 2 aromatic rings. The minimum Gasteiger partial charge on any atom is -0.352 e. The monoisotopic (exact) mass is 369 g/mol. The molecule has 0 unspecified atom stereocenters. The summed E-state index contributed by atoms with van der Waals surface area (Å²) < 4.78 is 0. The average molecular weight is 369 g/mol. The summed E-state index contributed by atoms with van der Waals surface area (Å²) in [5, 5.41) is 6.95. The molecule has 1 saturated heterocycles. The van der Waals surface area contributed by atoms with E-state index in [1.54, 1.807) is 0 Å². The van der Waals surface area contributed by atoms with Crippen LogP contribution >= 0.6 is 0 Å². The van der Waals surface area contributed by atoms with Gasteiger partial charge in [-0.1, -0.05) is 25.5 Å². The standard InChI is InChI=1S/C20H27N5O2/c1-13(2)18(23-12-26)19(27)25-8-4-5-16(25)11-22-20-21-10-15-9-14(3)6-7-17(15)24-20/h6-7,9-10,12-13,16,18H,4-5,8,11H2,1-3H3,(H,23,26)(H,21,22,24)/t16-,18-/m0/s1. The number of hydrogen-bond acceptors (Lipinski definition) is 5. The number of likely N-dealkylation sites (tertiary alicyclic amines) is 1. The number of aromatic nitrogens is 2.